The van der Waals surface area contributed by atoms with Crippen LogP contribution >= 0.6 is 0 Å². The molecule has 1 N–H and O–H groups in total. The van der Waals surface area contributed by atoms with Gasteiger partial charge in [-0.2, -0.15) is 0 Å². The summed E-state index contributed by atoms with van der Waals surface area (Å²) in [5, 5.41) is 2.90. The Labute approximate surface area is 320 Å². The number of nitrogens with one attached hydrogen (secondary N) is 1. The standard InChI is InChI=1S/C43H71NO9/c1-8-10-12-16-19-27-43(51-31-32-52-43)28-20-17-14-13-15-18-21-36(37(26-30-48-6)40(46)53-42(3,4)5)39(45)44-38(41(47)49-7)33-34-22-24-35(25-23-34)50-29-11-9-2/h18,21-25,36-38H,8-17,19-20,26-33H2,1-7H3,(H,44,45)/b21-18+/t36-,37?,38?/m0/s1. The SMILES string of the molecule is CCCCCCCC1(CCCCCC/C=C/[C@H](C(=O)NC(Cc2ccc(OCCCC)cc2)C(=O)OC)C(CCOC)C(=O)OC(C)(C)C)OCCO1. The summed E-state index contributed by atoms with van der Waals surface area (Å²) in [6.45, 7) is 12.0. The van der Waals surface area contributed by atoms with Gasteiger partial charge < -0.3 is 33.7 Å². The van der Waals surface area contributed by atoms with Crippen LogP contribution in [0.25, 0.3) is 0 Å². The van der Waals surface area contributed by atoms with Crippen LogP contribution in [0.2, 0.25) is 0 Å². The largest absolute Gasteiger partial charge is 0.494 e. The molecule has 0 aromatic heterocycles. The molecule has 0 spiro atoms. The van der Waals surface area contributed by atoms with Crippen LogP contribution < -0.4 is 10.1 Å². The molecule has 1 aliphatic heterocycles. The van der Waals surface area contributed by atoms with Crippen molar-refractivity contribution in [1.29, 1.82) is 0 Å². The molecule has 1 amide bonds. The van der Waals surface area contributed by atoms with Crippen LogP contribution in [0.3, 0.4) is 0 Å². The van der Waals surface area contributed by atoms with E-state index in [9.17, 15) is 14.4 Å². The molecule has 0 radical (unpaired) electrons. The first-order valence-corrected chi connectivity index (χ1v) is 20.2. The van der Waals surface area contributed by atoms with Gasteiger partial charge in [0.25, 0.3) is 0 Å². The van der Waals surface area contributed by atoms with E-state index < -0.39 is 47.1 Å². The molecule has 302 valence electrons. The molecule has 10 nitrogen and oxygen atoms in total. The number of hydrogen-bond acceptors (Lipinski definition) is 9. The van der Waals surface area contributed by atoms with Gasteiger partial charge in [0.05, 0.1) is 38.8 Å². The van der Waals surface area contributed by atoms with Crippen molar-refractivity contribution >= 4 is 17.8 Å². The van der Waals surface area contributed by atoms with Crippen LogP contribution in [-0.4, -0.2) is 75.9 Å². The van der Waals surface area contributed by atoms with E-state index in [2.05, 4.69) is 19.2 Å². The van der Waals surface area contributed by atoms with E-state index in [0.717, 1.165) is 75.5 Å². The number of rotatable bonds is 28. The zero-order chi connectivity index (χ0) is 39.0. The Hall–Kier alpha value is -2.95. The Balaban J connectivity index is 2.09. The predicted octanol–water partition coefficient (Wildman–Crippen LogP) is 8.68. The summed E-state index contributed by atoms with van der Waals surface area (Å²) < 4.78 is 34.2. The molecule has 3 atom stereocenters. The minimum atomic E-state index is -0.954. The molecule has 1 aromatic rings. The van der Waals surface area contributed by atoms with Gasteiger partial charge in [-0.3, -0.25) is 9.59 Å². The Morgan fingerprint density at radius 3 is 2.04 bits per heavy atom. The maximum Gasteiger partial charge on any atom is 0.328 e. The number of amides is 1. The van der Waals surface area contributed by atoms with E-state index in [1.807, 2.05) is 30.3 Å². The molecule has 10 heteroatoms. The molecule has 1 aromatic carbocycles. The van der Waals surface area contributed by atoms with Crippen molar-refractivity contribution in [2.45, 2.75) is 155 Å². The van der Waals surface area contributed by atoms with E-state index in [-0.39, 0.29) is 19.4 Å². The van der Waals surface area contributed by atoms with Crippen molar-refractivity contribution < 1.29 is 42.8 Å². The van der Waals surface area contributed by atoms with Crippen molar-refractivity contribution in [3.05, 3.63) is 42.0 Å². The lowest BCUT2D eigenvalue weighted by atomic mass is 9.87. The van der Waals surface area contributed by atoms with Crippen molar-refractivity contribution in [3.63, 3.8) is 0 Å². The van der Waals surface area contributed by atoms with Gasteiger partial charge in [0.15, 0.2) is 5.79 Å². The van der Waals surface area contributed by atoms with Gasteiger partial charge in [-0.05, 0) is 77.0 Å². The zero-order valence-electron chi connectivity index (χ0n) is 34.0. The quantitative estimate of drug-likeness (QED) is 0.0511. The topological polar surface area (TPSA) is 119 Å². The monoisotopic (exact) mass is 746 g/mol. The van der Waals surface area contributed by atoms with Gasteiger partial charge in [-0.25, -0.2) is 4.79 Å². The molecular formula is C43H71NO9. The Morgan fingerprint density at radius 2 is 1.45 bits per heavy atom. The van der Waals surface area contributed by atoms with Gasteiger partial charge in [-0.15, -0.1) is 0 Å². The van der Waals surface area contributed by atoms with Crippen LogP contribution in [-0.2, 0) is 44.5 Å². The van der Waals surface area contributed by atoms with Crippen molar-refractivity contribution in [2.24, 2.45) is 11.8 Å². The maximum atomic E-state index is 14.1. The van der Waals surface area contributed by atoms with Crippen molar-refractivity contribution in [3.8, 4) is 5.75 Å². The summed E-state index contributed by atoms with van der Waals surface area (Å²) in [6, 6.07) is 6.53. The molecule has 1 fully saturated rings. The van der Waals surface area contributed by atoms with Crippen LogP contribution in [0.5, 0.6) is 5.75 Å². The molecule has 1 aliphatic rings. The number of allylic oxidation sites excluding steroid dienone is 1. The molecule has 2 unspecified atom stereocenters. The van der Waals surface area contributed by atoms with Crippen LogP contribution in [0.4, 0.5) is 0 Å². The summed E-state index contributed by atoms with van der Waals surface area (Å²) in [7, 11) is 2.86. The molecule has 1 saturated heterocycles. The van der Waals surface area contributed by atoms with E-state index in [0.29, 0.717) is 19.8 Å². The highest BCUT2D eigenvalue weighted by Crippen LogP contribution is 2.32. The zero-order valence-corrected chi connectivity index (χ0v) is 34.0. The van der Waals surface area contributed by atoms with Gasteiger partial charge in [0, 0.05) is 33.0 Å². The number of benzene rings is 1. The normalized spacial score (nSPS) is 15.9. The third kappa shape index (κ3) is 18.8. The van der Waals surface area contributed by atoms with Gasteiger partial charge in [0.1, 0.15) is 17.4 Å². The van der Waals surface area contributed by atoms with Gasteiger partial charge >= 0.3 is 11.9 Å². The average Bonchev–Trinajstić information content (AvgIpc) is 3.59. The molecule has 0 bridgehead atoms. The Bertz CT molecular complexity index is 1190. The summed E-state index contributed by atoms with van der Waals surface area (Å²) in [4.78, 5) is 40.6. The van der Waals surface area contributed by atoms with Crippen molar-refractivity contribution in [2.75, 3.05) is 40.6 Å². The van der Waals surface area contributed by atoms with Gasteiger partial charge in [-0.1, -0.05) is 83.1 Å². The number of hydrogen-bond donors (Lipinski definition) is 1. The van der Waals surface area contributed by atoms with Crippen LogP contribution in [0, 0.1) is 11.8 Å². The number of carbonyl (C=O) groups is 3. The Kier molecular flexibility index (Phi) is 22.6. The Morgan fingerprint density at radius 1 is 0.830 bits per heavy atom. The van der Waals surface area contributed by atoms with E-state index in [1.54, 1.807) is 34.0 Å². The van der Waals surface area contributed by atoms with Crippen molar-refractivity contribution in [1.82, 2.24) is 5.32 Å². The van der Waals surface area contributed by atoms with Gasteiger partial charge in [0.2, 0.25) is 5.91 Å². The lowest BCUT2D eigenvalue weighted by Gasteiger charge is -2.28. The average molecular weight is 746 g/mol. The molecule has 2 rings (SSSR count). The van der Waals surface area contributed by atoms with Crippen LogP contribution in [0.15, 0.2) is 36.4 Å². The van der Waals surface area contributed by atoms with E-state index in [1.165, 1.54) is 32.8 Å². The highest BCUT2D eigenvalue weighted by atomic mass is 16.7. The molecule has 1 heterocycles. The number of methoxy groups -OCH3 is 2. The van der Waals surface area contributed by atoms with Crippen LogP contribution in [0.1, 0.15) is 136 Å². The molecule has 53 heavy (non-hydrogen) atoms. The number of ether oxygens (including phenoxy) is 6. The number of esters is 2. The smallest absolute Gasteiger partial charge is 0.328 e. The molecule has 0 aliphatic carbocycles. The first-order chi connectivity index (χ1) is 25.5. The number of carbonyl (C=O) groups excluding carboxylic acids is 3. The highest BCUT2D eigenvalue weighted by Gasteiger charge is 2.37. The summed E-state index contributed by atoms with van der Waals surface area (Å²) in [6.07, 6.45) is 19.1. The second-order valence-electron chi connectivity index (χ2n) is 15.2. The molecular weight excluding hydrogens is 674 g/mol. The maximum absolute atomic E-state index is 14.1. The van der Waals surface area contributed by atoms with E-state index in [4.69, 9.17) is 28.4 Å². The minimum absolute atomic E-state index is 0.218. The molecule has 0 saturated carbocycles. The van der Waals surface area contributed by atoms with E-state index >= 15 is 0 Å². The fraction of sp³-hybridized carbons (Fsp3) is 0.744. The first-order valence-electron chi connectivity index (χ1n) is 20.2. The first kappa shape index (κ1) is 46.2. The number of unbranched alkanes of at least 4 members (excludes halogenated alkanes) is 9. The lowest BCUT2D eigenvalue weighted by Crippen LogP contribution is -2.48. The summed E-state index contributed by atoms with van der Waals surface area (Å²) >= 11 is 0. The third-order valence-corrected chi connectivity index (χ3v) is 9.51. The fourth-order valence-electron chi connectivity index (χ4n) is 6.53. The summed E-state index contributed by atoms with van der Waals surface area (Å²) in [5.74, 6) is -2.86. The second-order valence-corrected chi connectivity index (χ2v) is 15.2. The third-order valence-electron chi connectivity index (χ3n) is 9.51. The summed E-state index contributed by atoms with van der Waals surface area (Å²) in [5.41, 5.74) is 0.0960. The minimum Gasteiger partial charge on any atom is -0.494 e. The lowest BCUT2D eigenvalue weighted by molar-refractivity contribution is -0.168. The predicted molar refractivity (Wildman–Crippen MR) is 209 cm³/mol. The highest BCUT2D eigenvalue weighted by molar-refractivity contribution is 5.90. The second kappa shape index (κ2) is 26.0. The fourth-order valence-corrected chi connectivity index (χ4v) is 6.53.